The number of aryl methyl sites for hydroxylation is 3. The maximum atomic E-state index is 9.78. The second-order valence-corrected chi connectivity index (χ2v) is 6.72. The molecule has 2 aliphatic rings. The van der Waals surface area contributed by atoms with Crippen LogP contribution in [0.5, 0.6) is 0 Å². The zero-order chi connectivity index (χ0) is 17.4. The van der Waals surface area contributed by atoms with Crippen molar-refractivity contribution in [3.63, 3.8) is 0 Å². The lowest BCUT2D eigenvalue weighted by Gasteiger charge is -2.33. The van der Waals surface area contributed by atoms with Crippen molar-refractivity contribution >= 4 is 5.57 Å². The fourth-order valence-electron chi connectivity index (χ4n) is 4.20. The van der Waals surface area contributed by atoms with Gasteiger partial charge in [0.15, 0.2) is 0 Å². The van der Waals surface area contributed by atoms with E-state index in [1.165, 1.54) is 5.56 Å². The smallest absolute Gasteiger partial charge is 0.102 e. The van der Waals surface area contributed by atoms with Crippen molar-refractivity contribution in [2.24, 2.45) is 11.7 Å². The zero-order valence-corrected chi connectivity index (χ0v) is 14.4. The van der Waals surface area contributed by atoms with Gasteiger partial charge >= 0.3 is 0 Å². The van der Waals surface area contributed by atoms with E-state index in [1.54, 1.807) is 0 Å². The third-order valence-corrected chi connectivity index (χ3v) is 5.05. The van der Waals surface area contributed by atoms with Crippen molar-refractivity contribution in [1.29, 1.82) is 10.5 Å². The van der Waals surface area contributed by atoms with Crippen LogP contribution in [-0.4, -0.2) is 0 Å². The second kappa shape index (κ2) is 6.02. The molecule has 0 spiro atoms. The Kier molecular flexibility index (Phi) is 4.04. The molecule has 0 aliphatic heterocycles. The highest BCUT2D eigenvalue weighted by Gasteiger charge is 2.35. The van der Waals surface area contributed by atoms with E-state index in [4.69, 9.17) is 5.73 Å². The summed E-state index contributed by atoms with van der Waals surface area (Å²) in [4.78, 5) is 0. The van der Waals surface area contributed by atoms with Crippen molar-refractivity contribution in [1.82, 2.24) is 0 Å². The van der Waals surface area contributed by atoms with Crippen LogP contribution in [0.1, 0.15) is 41.5 Å². The van der Waals surface area contributed by atoms with E-state index in [9.17, 15) is 10.5 Å². The van der Waals surface area contributed by atoms with Crippen LogP contribution in [0.3, 0.4) is 0 Å². The molecule has 0 heterocycles. The Labute approximate surface area is 143 Å². The third kappa shape index (κ3) is 2.34. The highest BCUT2D eigenvalue weighted by molar-refractivity contribution is 5.87. The quantitative estimate of drug-likeness (QED) is 0.836. The third-order valence-electron chi connectivity index (χ3n) is 5.05. The lowest BCUT2D eigenvalue weighted by Crippen LogP contribution is -2.23. The topological polar surface area (TPSA) is 73.6 Å². The van der Waals surface area contributed by atoms with Crippen LogP contribution in [-0.2, 0) is 0 Å². The number of hydrogen-bond acceptors (Lipinski definition) is 3. The van der Waals surface area contributed by atoms with Gasteiger partial charge in [-0.25, -0.2) is 0 Å². The Morgan fingerprint density at radius 2 is 1.67 bits per heavy atom. The van der Waals surface area contributed by atoms with Gasteiger partial charge in [0.2, 0.25) is 0 Å². The van der Waals surface area contributed by atoms with Crippen LogP contribution in [0.4, 0.5) is 0 Å². The van der Waals surface area contributed by atoms with Crippen LogP contribution in [0.2, 0.25) is 0 Å². The number of nitriles is 2. The van der Waals surface area contributed by atoms with E-state index in [2.05, 4.69) is 51.1 Å². The molecule has 1 unspecified atom stereocenters. The molecule has 0 fully saturated rings. The van der Waals surface area contributed by atoms with E-state index < -0.39 is 0 Å². The standard InChI is InChI=1S/C21H21N3/c1-12-8-13(2)19(14(3)9-12)20-16-7-5-4-6-15(16)17(10-22)21(24)18(20)11-23/h6,8-9,16H,4-5,7,24H2,1-3H3. The second-order valence-electron chi connectivity index (χ2n) is 6.72. The molecule has 0 saturated heterocycles. The van der Waals surface area contributed by atoms with E-state index in [1.807, 2.05) is 0 Å². The molecule has 3 rings (SSSR count). The predicted molar refractivity (Wildman–Crippen MR) is 95.4 cm³/mol. The molecule has 0 bridgehead atoms. The first-order chi connectivity index (χ1) is 11.5. The monoisotopic (exact) mass is 315 g/mol. The van der Waals surface area contributed by atoms with Crippen molar-refractivity contribution < 1.29 is 0 Å². The van der Waals surface area contributed by atoms with Crippen LogP contribution < -0.4 is 5.73 Å². The summed E-state index contributed by atoms with van der Waals surface area (Å²) in [6, 6.07) is 8.81. The largest absolute Gasteiger partial charge is 0.397 e. The Morgan fingerprint density at radius 1 is 1.04 bits per heavy atom. The van der Waals surface area contributed by atoms with Crippen molar-refractivity contribution in [2.45, 2.75) is 40.0 Å². The molecule has 0 aromatic heterocycles. The Hall–Kier alpha value is -2.78. The molecule has 2 aliphatic carbocycles. The summed E-state index contributed by atoms with van der Waals surface area (Å²) in [6.45, 7) is 6.25. The Balaban J connectivity index is 2.38. The van der Waals surface area contributed by atoms with Gasteiger partial charge in [0.25, 0.3) is 0 Å². The van der Waals surface area contributed by atoms with Crippen LogP contribution in [0, 0.1) is 49.4 Å². The van der Waals surface area contributed by atoms with Crippen LogP contribution in [0.15, 0.2) is 40.6 Å². The summed E-state index contributed by atoms with van der Waals surface area (Å²) >= 11 is 0. The van der Waals surface area contributed by atoms with E-state index in [-0.39, 0.29) is 5.92 Å². The SMILES string of the molecule is Cc1cc(C)c(C2=C(C#N)C(N)=C(C#N)C3=CCCCC32)c(C)c1. The molecule has 3 nitrogen and oxygen atoms in total. The fourth-order valence-corrected chi connectivity index (χ4v) is 4.20. The van der Waals surface area contributed by atoms with Gasteiger partial charge < -0.3 is 5.73 Å². The summed E-state index contributed by atoms with van der Waals surface area (Å²) in [6.07, 6.45) is 5.12. The minimum absolute atomic E-state index is 0.0930. The lowest BCUT2D eigenvalue weighted by molar-refractivity contribution is 0.611. The first-order valence-electron chi connectivity index (χ1n) is 8.32. The van der Waals surface area contributed by atoms with Gasteiger partial charge in [0, 0.05) is 5.92 Å². The molecule has 3 heteroatoms. The Morgan fingerprint density at radius 3 is 2.25 bits per heavy atom. The average Bonchev–Trinajstić information content (AvgIpc) is 2.54. The van der Waals surface area contributed by atoms with Gasteiger partial charge in [-0.05, 0) is 67.9 Å². The van der Waals surface area contributed by atoms with Crippen molar-refractivity contribution in [3.05, 3.63) is 62.9 Å². The molecule has 0 saturated carbocycles. The first-order valence-corrected chi connectivity index (χ1v) is 8.32. The molecule has 0 amide bonds. The van der Waals surface area contributed by atoms with E-state index in [0.717, 1.165) is 47.1 Å². The van der Waals surface area contributed by atoms with Crippen LogP contribution >= 0.6 is 0 Å². The molecular formula is C21H21N3. The van der Waals surface area contributed by atoms with Crippen LogP contribution in [0.25, 0.3) is 5.57 Å². The molecular weight excluding hydrogens is 294 g/mol. The summed E-state index contributed by atoms with van der Waals surface area (Å²) in [5.74, 6) is 0.0930. The van der Waals surface area contributed by atoms with Gasteiger partial charge in [-0.1, -0.05) is 23.8 Å². The fraction of sp³-hybridized carbons (Fsp3) is 0.333. The molecule has 1 aromatic carbocycles. The van der Waals surface area contributed by atoms with E-state index in [0.29, 0.717) is 16.8 Å². The number of hydrogen-bond donors (Lipinski definition) is 1. The summed E-state index contributed by atoms with van der Waals surface area (Å²) < 4.78 is 0. The average molecular weight is 315 g/mol. The highest BCUT2D eigenvalue weighted by atomic mass is 14.6. The number of nitrogens with two attached hydrogens (primary N) is 1. The Bertz CT molecular complexity index is 875. The van der Waals surface area contributed by atoms with E-state index >= 15 is 0 Å². The summed E-state index contributed by atoms with van der Waals surface area (Å²) in [5, 5.41) is 19.3. The van der Waals surface area contributed by atoms with Crippen molar-refractivity contribution in [3.8, 4) is 12.1 Å². The van der Waals surface area contributed by atoms with Gasteiger partial charge in [-0.2, -0.15) is 10.5 Å². The minimum atomic E-state index is 0.0930. The molecule has 120 valence electrons. The number of nitrogens with zero attached hydrogens (tertiary/aromatic N) is 2. The van der Waals surface area contributed by atoms with Gasteiger partial charge in [-0.15, -0.1) is 0 Å². The lowest BCUT2D eigenvalue weighted by atomic mass is 9.69. The number of rotatable bonds is 1. The summed E-state index contributed by atoms with van der Waals surface area (Å²) in [7, 11) is 0. The summed E-state index contributed by atoms with van der Waals surface area (Å²) in [5.41, 5.74) is 14.2. The predicted octanol–water partition coefficient (Wildman–Crippen LogP) is 4.37. The molecule has 2 N–H and O–H groups in total. The molecule has 1 atom stereocenters. The normalized spacial score (nSPS) is 20.2. The van der Waals surface area contributed by atoms with Gasteiger partial charge in [0.05, 0.1) is 16.8 Å². The van der Waals surface area contributed by atoms with Crippen molar-refractivity contribution in [2.75, 3.05) is 0 Å². The molecule has 1 aromatic rings. The highest BCUT2D eigenvalue weighted by Crippen LogP contribution is 2.47. The maximum Gasteiger partial charge on any atom is 0.102 e. The number of fused-ring (bicyclic) bond motifs is 1. The van der Waals surface area contributed by atoms with Gasteiger partial charge in [0.1, 0.15) is 12.1 Å². The number of allylic oxidation sites excluding steroid dienone is 5. The minimum Gasteiger partial charge on any atom is -0.397 e. The van der Waals surface area contributed by atoms with Gasteiger partial charge in [-0.3, -0.25) is 0 Å². The number of benzene rings is 1. The molecule has 24 heavy (non-hydrogen) atoms. The maximum absolute atomic E-state index is 9.78. The zero-order valence-electron chi connectivity index (χ0n) is 14.4. The molecule has 0 radical (unpaired) electrons. The first kappa shape index (κ1) is 16.1.